The Morgan fingerprint density at radius 2 is 2.10 bits per heavy atom. The fourth-order valence-corrected chi connectivity index (χ4v) is 4.41. The van der Waals surface area contributed by atoms with Crippen LogP contribution >= 0.6 is 27.3 Å². The molecule has 8 heteroatoms. The van der Waals surface area contributed by atoms with Crippen LogP contribution in [-0.2, 0) is 11.3 Å². The molecule has 29 heavy (non-hydrogen) atoms. The Hall–Kier alpha value is -1.64. The van der Waals surface area contributed by atoms with Gasteiger partial charge in [-0.2, -0.15) is 0 Å². The largest absolute Gasteiger partial charge is 0.496 e. The summed E-state index contributed by atoms with van der Waals surface area (Å²) in [6.07, 6.45) is 0.742. The molecule has 3 rings (SSSR count). The van der Waals surface area contributed by atoms with Crippen molar-refractivity contribution in [1.82, 2.24) is 14.8 Å². The molecule has 0 saturated carbocycles. The molecular formula is C21H28BrN3O3S. The molecule has 1 aliphatic rings. The first-order valence-electron chi connectivity index (χ1n) is 9.88. The minimum Gasteiger partial charge on any atom is -0.496 e. The van der Waals surface area contributed by atoms with E-state index in [9.17, 15) is 4.79 Å². The lowest BCUT2D eigenvalue weighted by molar-refractivity contribution is 0.0930. The highest BCUT2D eigenvalue weighted by atomic mass is 79.9. The van der Waals surface area contributed by atoms with E-state index in [2.05, 4.69) is 26.2 Å². The molecule has 0 aliphatic carbocycles. The summed E-state index contributed by atoms with van der Waals surface area (Å²) < 4.78 is 11.9. The van der Waals surface area contributed by atoms with E-state index >= 15 is 0 Å². The molecule has 158 valence electrons. The highest BCUT2D eigenvalue weighted by Crippen LogP contribution is 2.34. The van der Waals surface area contributed by atoms with Crippen LogP contribution in [0.5, 0.6) is 5.75 Å². The van der Waals surface area contributed by atoms with Crippen molar-refractivity contribution < 1.29 is 14.3 Å². The van der Waals surface area contributed by atoms with Gasteiger partial charge in [-0.05, 0) is 30.5 Å². The van der Waals surface area contributed by atoms with Gasteiger partial charge in [-0.1, -0.05) is 29.8 Å². The summed E-state index contributed by atoms with van der Waals surface area (Å²) in [5.41, 5.74) is 2.04. The van der Waals surface area contributed by atoms with Gasteiger partial charge in [0, 0.05) is 42.6 Å². The van der Waals surface area contributed by atoms with Crippen molar-refractivity contribution in [2.45, 2.75) is 26.8 Å². The normalized spacial score (nSPS) is 15.4. The number of ether oxygens (including phenoxy) is 2. The molecule has 0 bridgehead atoms. The van der Waals surface area contributed by atoms with E-state index in [0.29, 0.717) is 19.1 Å². The maximum atomic E-state index is 12.2. The molecule has 1 saturated heterocycles. The Bertz CT molecular complexity index is 827. The quantitative estimate of drug-likeness (QED) is 0.588. The standard InChI is InChI=1S/C21H28BrN3O3S/c1-15(2)13-28-21(26)25-8-4-7-24(9-10-25)12-17-14-29-20(23-17)18-11-16(22)5-6-19(18)27-3/h5-6,11,14-15H,4,7-10,12-13H2,1-3H3. The molecule has 1 aliphatic heterocycles. The SMILES string of the molecule is COc1ccc(Br)cc1-c1nc(CN2CCCN(C(=O)OCC(C)C)CC2)cs1. The summed E-state index contributed by atoms with van der Waals surface area (Å²) in [7, 11) is 1.68. The molecule has 1 aromatic heterocycles. The predicted molar refractivity (Wildman–Crippen MR) is 119 cm³/mol. The van der Waals surface area contributed by atoms with E-state index in [4.69, 9.17) is 14.5 Å². The molecule has 6 nitrogen and oxygen atoms in total. The first-order valence-corrected chi connectivity index (χ1v) is 11.6. The summed E-state index contributed by atoms with van der Waals surface area (Å²) >= 11 is 5.15. The summed E-state index contributed by atoms with van der Waals surface area (Å²) in [6.45, 7) is 8.54. The third-order valence-electron chi connectivity index (χ3n) is 4.72. The van der Waals surface area contributed by atoms with Crippen LogP contribution in [0.3, 0.4) is 0 Å². The van der Waals surface area contributed by atoms with Crippen LogP contribution in [0.25, 0.3) is 10.6 Å². The van der Waals surface area contributed by atoms with Crippen molar-refractivity contribution in [2.75, 3.05) is 39.9 Å². The van der Waals surface area contributed by atoms with Gasteiger partial charge >= 0.3 is 6.09 Å². The highest BCUT2D eigenvalue weighted by Gasteiger charge is 2.21. The minimum absolute atomic E-state index is 0.196. The molecule has 2 aromatic rings. The molecule has 1 amide bonds. The van der Waals surface area contributed by atoms with Crippen LogP contribution < -0.4 is 4.74 Å². The highest BCUT2D eigenvalue weighted by molar-refractivity contribution is 9.10. The van der Waals surface area contributed by atoms with Gasteiger partial charge in [0.2, 0.25) is 0 Å². The Labute approximate surface area is 184 Å². The number of nitrogens with zero attached hydrogens (tertiary/aromatic N) is 3. The molecule has 1 fully saturated rings. The number of amides is 1. The lowest BCUT2D eigenvalue weighted by Crippen LogP contribution is -2.36. The summed E-state index contributed by atoms with van der Waals surface area (Å²) in [6, 6.07) is 5.95. The lowest BCUT2D eigenvalue weighted by atomic mass is 10.2. The Morgan fingerprint density at radius 3 is 2.86 bits per heavy atom. The number of carbonyl (C=O) groups is 1. The second-order valence-electron chi connectivity index (χ2n) is 7.58. The van der Waals surface area contributed by atoms with Crippen molar-refractivity contribution in [3.63, 3.8) is 0 Å². The summed E-state index contributed by atoms with van der Waals surface area (Å²) in [5.74, 6) is 1.17. The van der Waals surface area contributed by atoms with Crippen molar-refractivity contribution in [3.05, 3.63) is 33.7 Å². The summed E-state index contributed by atoms with van der Waals surface area (Å²) in [4.78, 5) is 21.2. The van der Waals surface area contributed by atoms with Gasteiger partial charge in [-0.25, -0.2) is 9.78 Å². The van der Waals surface area contributed by atoms with E-state index in [0.717, 1.165) is 59.1 Å². The molecule has 0 unspecified atom stereocenters. The number of rotatable bonds is 6. The second kappa shape index (κ2) is 10.4. The van der Waals surface area contributed by atoms with Gasteiger partial charge in [-0.3, -0.25) is 4.90 Å². The third-order valence-corrected chi connectivity index (χ3v) is 6.13. The van der Waals surface area contributed by atoms with Crippen molar-refractivity contribution >= 4 is 33.4 Å². The van der Waals surface area contributed by atoms with Gasteiger partial charge in [-0.15, -0.1) is 11.3 Å². The predicted octanol–water partition coefficient (Wildman–Crippen LogP) is 4.88. The molecular weight excluding hydrogens is 454 g/mol. The Morgan fingerprint density at radius 1 is 1.28 bits per heavy atom. The molecule has 2 heterocycles. The number of halogens is 1. The number of methoxy groups -OCH3 is 1. The van der Waals surface area contributed by atoms with Crippen molar-refractivity contribution in [2.24, 2.45) is 5.92 Å². The minimum atomic E-state index is -0.196. The van der Waals surface area contributed by atoms with Crippen LogP contribution in [0, 0.1) is 5.92 Å². The molecule has 0 spiro atoms. The van der Waals surface area contributed by atoms with Crippen LogP contribution in [0.2, 0.25) is 0 Å². The number of aromatic nitrogens is 1. The zero-order valence-corrected chi connectivity index (χ0v) is 19.6. The van der Waals surface area contributed by atoms with Gasteiger partial charge in [0.25, 0.3) is 0 Å². The van der Waals surface area contributed by atoms with Crippen LogP contribution in [0.15, 0.2) is 28.1 Å². The second-order valence-corrected chi connectivity index (χ2v) is 9.35. The van der Waals surface area contributed by atoms with E-state index in [-0.39, 0.29) is 6.09 Å². The molecule has 0 N–H and O–H groups in total. The molecule has 0 radical (unpaired) electrons. The van der Waals surface area contributed by atoms with E-state index in [1.165, 1.54) is 0 Å². The monoisotopic (exact) mass is 481 g/mol. The fraction of sp³-hybridized carbons (Fsp3) is 0.524. The number of carbonyl (C=O) groups excluding carboxylic acids is 1. The number of thiazole rings is 1. The lowest BCUT2D eigenvalue weighted by Gasteiger charge is -2.21. The number of hydrogen-bond donors (Lipinski definition) is 0. The van der Waals surface area contributed by atoms with Crippen LogP contribution in [0.1, 0.15) is 26.0 Å². The van der Waals surface area contributed by atoms with Crippen molar-refractivity contribution in [3.8, 4) is 16.3 Å². The zero-order valence-electron chi connectivity index (χ0n) is 17.2. The molecule has 0 atom stereocenters. The van der Waals surface area contributed by atoms with E-state index in [1.54, 1.807) is 18.4 Å². The van der Waals surface area contributed by atoms with Gasteiger partial charge in [0.1, 0.15) is 10.8 Å². The Balaban J connectivity index is 1.59. The zero-order chi connectivity index (χ0) is 20.8. The smallest absolute Gasteiger partial charge is 0.409 e. The fourth-order valence-electron chi connectivity index (χ4n) is 3.22. The summed E-state index contributed by atoms with van der Waals surface area (Å²) in [5, 5.41) is 3.06. The van der Waals surface area contributed by atoms with Crippen LogP contribution in [-0.4, -0.2) is 60.8 Å². The van der Waals surface area contributed by atoms with Gasteiger partial charge in [0.05, 0.1) is 25.0 Å². The first kappa shape index (κ1) is 22.1. The van der Waals surface area contributed by atoms with Crippen LogP contribution in [0.4, 0.5) is 4.79 Å². The number of benzene rings is 1. The Kier molecular flexibility index (Phi) is 7.91. The topological polar surface area (TPSA) is 54.9 Å². The molecule has 1 aromatic carbocycles. The van der Waals surface area contributed by atoms with E-state index < -0.39 is 0 Å². The maximum absolute atomic E-state index is 12.2. The average molecular weight is 482 g/mol. The third kappa shape index (κ3) is 6.17. The van der Waals surface area contributed by atoms with Gasteiger partial charge < -0.3 is 14.4 Å². The number of hydrogen-bond acceptors (Lipinski definition) is 6. The average Bonchev–Trinajstić information content (AvgIpc) is 3.03. The first-order chi connectivity index (χ1) is 14.0. The van der Waals surface area contributed by atoms with Gasteiger partial charge in [0.15, 0.2) is 0 Å². The maximum Gasteiger partial charge on any atom is 0.409 e. The van der Waals surface area contributed by atoms with Crippen molar-refractivity contribution in [1.29, 1.82) is 0 Å². The van der Waals surface area contributed by atoms with E-state index in [1.807, 2.05) is 36.9 Å².